The minimum Gasteiger partial charge on any atom is -0.494 e. The van der Waals surface area contributed by atoms with E-state index in [1.165, 1.54) is 14.2 Å². The predicted octanol–water partition coefficient (Wildman–Crippen LogP) is 6.15. The summed E-state index contributed by atoms with van der Waals surface area (Å²) in [6.07, 6.45) is 4.64. The Morgan fingerprint density at radius 3 is 2.23 bits per heavy atom. The smallest absolute Gasteiger partial charge is 0.177 e. The zero-order chi connectivity index (χ0) is 22.8. The lowest BCUT2D eigenvalue weighted by Gasteiger charge is -2.19. The lowest BCUT2D eigenvalue weighted by Crippen LogP contribution is -2.16. The number of hydrogen-bond donors (Lipinski definition) is 2. The van der Waals surface area contributed by atoms with E-state index in [4.69, 9.17) is 43.2 Å². The monoisotopic (exact) mass is 520 g/mol. The van der Waals surface area contributed by atoms with Crippen LogP contribution in [0.3, 0.4) is 0 Å². The number of allylic oxidation sites excluding steroid dienone is 1. The van der Waals surface area contributed by atoms with E-state index in [0.717, 1.165) is 19.3 Å². The molecule has 1 rings (SSSR count). The molecule has 1 aromatic carbocycles. The lowest BCUT2D eigenvalue weighted by atomic mass is 10.1. The molecule has 0 aromatic heterocycles. The fourth-order valence-corrected chi connectivity index (χ4v) is 4.07. The van der Waals surface area contributed by atoms with Gasteiger partial charge in [0.2, 0.25) is 0 Å². The van der Waals surface area contributed by atoms with Gasteiger partial charge >= 0.3 is 0 Å². The number of anilines is 1. The van der Waals surface area contributed by atoms with Crippen molar-refractivity contribution < 1.29 is 14.3 Å². The van der Waals surface area contributed by atoms with Crippen LogP contribution in [-0.2, 0) is 4.84 Å². The molecule has 0 fully saturated rings. The molecule has 0 bridgehead atoms. The number of halogens is 3. The number of benzene rings is 1. The molecule has 0 aliphatic rings. The zero-order valence-electron chi connectivity index (χ0n) is 17.7. The molecule has 0 radical (unpaired) electrons. The Balaban J connectivity index is 3.44. The second-order valence-corrected chi connectivity index (χ2v) is 7.59. The van der Waals surface area contributed by atoms with Crippen LogP contribution in [0.5, 0.6) is 11.5 Å². The van der Waals surface area contributed by atoms with Crippen molar-refractivity contribution in [3.05, 3.63) is 37.6 Å². The van der Waals surface area contributed by atoms with Crippen LogP contribution in [0.15, 0.2) is 37.6 Å². The number of methoxy groups -OCH3 is 2. The number of hydrogen-bond acceptors (Lipinski definition) is 6. The molecule has 0 amide bonds. The van der Waals surface area contributed by atoms with Crippen LogP contribution in [0, 0.1) is 0 Å². The third-order valence-electron chi connectivity index (χ3n) is 4.17. The van der Waals surface area contributed by atoms with Gasteiger partial charge in [0.1, 0.15) is 31.7 Å². The van der Waals surface area contributed by atoms with Crippen molar-refractivity contribution in [2.45, 2.75) is 33.1 Å². The molecule has 0 heterocycles. The van der Waals surface area contributed by atoms with Crippen LogP contribution in [0.4, 0.5) is 5.69 Å². The van der Waals surface area contributed by atoms with E-state index in [-0.39, 0.29) is 15.7 Å². The maximum atomic E-state index is 6.46. The minimum absolute atomic E-state index is 0.214. The number of aliphatic imine (C=N–C) groups is 2. The Bertz CT molecular complexity index is 839. The Morgan fingerprint density at radius 2 is 1.80 bits per heavy atom. The molecule has 166 valence electrons. The topological polar surface area (TPSA) is 90.5 Å². The highest BCUT2D eigenvalue weighted by atomic mass is 79.9. The molecule has 0 spiro atoms. The third kappa shape index (κ3) is 6.06. The first-order valence-electron chi connectivity index (χ1n) is 9.10. The Labute approximate surface area is 196 Å². The van der Waals surface area contributed by atoms with Gasteiger partial charge in [-0.3, -0.25) is 9.98 Å². The fourth-order valence-electron chi connectivity index (χ4n) is 2.47. The van der Waals surface area contributed by atoms with Gasteiger partial charge in [-0.15, -0.1) is 0 Å². The number of nitrogens with zero attached hydrogens (tertiary/aromatic N) is 2. The van der Waals surface area contributed by atoms with E-state index >= 15 is 0 Å². The van der Waals surface area contributed by atoms with Gasteiger partial charge in [-0.25, -0.2) is 5.48 Å². The number of nitrogens with two attached hydrogens (primary N) is 1. The van der Waals surface area contributed by atoms with E-state index in [9.17, 15) is 0 Å². The minimum atomic E-state index is 0.214. The summed E-state index contributed by atoms with van der Waals surface area (Å²) in [7, 11) is 4.57. The number of nitrogens with one attached hydrogen (secondary N) is 1. The second-order valence-electron chi connectivity index (χ2n) is 6.04. The van der Waals surface area contributed by atoms with E-state index < -0.39 is 0 Å². The van der Waals surface area contributed by atoms with E-state index in [1.807, 2.05) is 6.08 Å². The third-order valence-corrected chi connectivity index (χ3v) is 5.61. The number of ether oxygens (including phenoxy) is 2. The standard InChI is InChI=1S/C20H27BrCl2N4O3/c1-7-8-9-10-12(16(25-3)11(2)20(24)26-4)30-27-17-14(22)18(28-5)13(21)19(29-6)15(17)23/h10,27H,3,7-9H2,1-2,4-6H3,(H2,24,26)/b12-10+,16-11-. The number of rotatable bonds is 11. The van der Waals surface area contributed by atoms with Crippen LogP contribution in [0.25, 0.3) is 0 Å². The molecule has 1 aromatic rings. The molecule has 7 nitrogen and oxygen atoms in total. The van der Waals surface area contributed by atoms with Crippen LogP contribution >= 0.6 is 39.1 Å². The fraction of sp³-hybridized carbons (Fsp3) is 0.400. The van der Waals surface area contributed by atoms with Crippen molar-refractivity contribution in [2.75, 3.05) is 26.7 Å². The quantitative estimate of drug-likeness (QED) is 0.0909. The Kier molecular flexibility index (Phi) is 11.1. The Hall–Kier alpha value is -1.90. The van der Waals surface area contributed by atoms with Crippen molar-refractivity contribution in [1.82, 2.24) is 0 Å². The molecule has 0 saturated heterocycles. The van der Waals surface area contributed by atoms with Crippen molar-refractivity contribution >= 4 is 57.4 Å². The summed E-state index contributed by atoms with van der Waals surface area (Å²) in [5, 5.41) is 0.429. The van der Waals surface area contributed by atoms with Gasteiger partial charge in [-0.1, -0.05) is 36.5 Å². The predicted molar refractivity (Wildman–Crippen MR) is 129 cm³/mol. The summed E-state index contributed by atoms with van der Waals surface area (Å²) < 4.78 is 11.2. The van der Waals surface area contributed by atoms with Crippen LogP contribution in [0.1, 0.15) is 33.1 Å². The molecule has 0 aliphatic carbocycles. The molecule has 0 saturated carbocycles. The van der Waals surface area contributed by atoms with Gasteiger partial charge in [-0.2, -0.15) is 0 Å². The van der Waals surface area contributed by atoms with Crippen molar-refractivity contribution in [3.8, 4) is 11.5 Å². The molecule has 10 heteroatoms. The van der Waals surface area contributed by atoms with Crippen molar-refractivity contribution in [3.63, 3.8) is 0 Å². The molecular weight excluding hydrogens is 495 g/mol. The van der Waals surface area contributed by atoms with Gasteiger partial charge in [0.05, 0.1) is 14.2 Å². The molecule has 30 heavy (non-hydrogen) atoms. The van der Waals surface area contributed by atoms with E-state index in [1.54, 1.807) is 14.0 Å². The molecule has 3 N–H and O–H groups in total. The SMILES string of the molecule is C=NC(=C(C)\C(N)=N/C)/C(=C\CCCC)ONc1c(Cl)c(OC)c(Br)c(OC)c1Cl. The Morgan fingerprint density at radius 1 is 1.23 bits per heavy atom. The normalized spacial score (nSPS) is 12.9. The average Bonchev–Trinajstić information content (AvgIpc) is 2.73. The van der Waals surface area contributed by atoms with E-state index in [0.29, 0.717) is 38.8 Å². The van der Waals surface area contributed by atoms with Crippen molar-refractivity contribution in [1.29, 1.82) is 0 Å². The summed E-state index contributed by atoms with van der Waals surface area (Å²) in [6, 6.07) is 0. The maximum absolute atomic E-state index is 6.46. The summed E-state index contributed by atoms with van der Waals surface area (Å²) in [4.78, 5) is 13.9. The first-order valence-corrected chi connectivity index (χ1v) is 10.7. The zero-order valence-corrected chi connectivity index (χ0v) is 20.8. The van der Waals surface area contributed by atoms with E-state index in [2.05, 4.69) is 45.0 Å². The maximum Gasteiger partial charge on any atom is 0.177 e. The van der Waals surface area contributed by atoms with Gasteiger partial charge in [0, 0.05) is 12.6 Å². The van der Waals surface area contributed by atoms with Crippen LogP contribution in [0.2, 0.25) is 10.0 Å². The first kappa shape index (κ1) is 26.1. The lowest BCUT2D eigenvalue weighted by molar-refractivity contribution is 0.290. The van der Waals surface area contributed by atoms with Crippen LogP contribution in [-0.4, -0.2) is 33.8 Å². The highest BCUT2D eigenvalue weighted by Gasteiger charge is 2.24. The highest BCUT2D eigenvalue weighted by molar-refractivity contribution is 9.10. The highest BCUT2D eigenvalue weighted by Crippen LogP contribution is 2.50. The van der Waals surface area contributed by atoms with Crippen molar-refractivity contribution in [2.24, 2.45) is 15.7 Å². The number of amidine groups is 1. The summed E-state index contributed by atoms with van der Waals surface area (Å²) >= 11 is 16.3. The summed E-state index contributed by atoms with van der Waals surface area (Å²) in [5.41, 5.74) is 10.1. The van der Waals surface area contributed by atoms with Gasteiger partial charge in [-0.05, 0) is 48.5 Å². The largest absolute Gasteiger partial charge is 0.494 e. The summed E-state index contributed by atoms with van der Waals surface area (Å²) in [5.74, 6) is 1.43. The second kappa shape index (κ2) is 12.7. The summed E-state index contributed by atoms with van der Waals surface area (Å²) in [6.45, 7) is 7.52. The van der Waals surface area contributed by atoms with Gasteiger partial charge < -0.3 is 20.0 Å². The molecule has 0 aliphatic heterocycles. The average molecular weight is 522 g/mol. The van der Waals surface area contributed by atoms with Crippen LogP contribution < -0.4 is 20.7 Å². The molecule has 0 unspecified atom stereocenters. The first-order chi connectivity index (χ1) is 14.3. The van der Waals surface area contributed by atoms with Gasteiger partial charge in [0.15, 0.2) is 17.3 Å². The number of unbranched alkanes of at least 4 members (excludes halogenated alkanes) is 2. The molecule has 0 atom stereocenters. The van der Waals surface area contributed by atoms with Gasteiger partial charge in [0.25, 0.3) is 0 Å². The molecular formula is C20H27BrCl2N4O3.